The van der Waals surface area contributed by atoms with E-state index in [1.807, 2.05) is 19.1 Å². The van der Waals surface area contributed by atoms with Crippen LogP contribution in [0.1, 0.15) is 48.7 Å². The summed E-state index contributed by atoms with van der Waals surface area (Å²) < 4.78 is 0. The smallest absolute Gasteiger partial charge is 0.162 e. The predicted molar refractivity (Wildman–Crippen MR) is 64.3 cm³/mol. The van der Waals surface area contributed by atoms with Crippen molar-refractivity contribution in [2.75, 3.05) is 0 Å². The van der Waals surface area contributed by atoms with Crippen molar-refractivity contribution in [3.05, 3.63) is 34.9 Å². The monoisotopic (exact) mass is 204 g/mol. The van der Waals surface area contributed by atoms with Crippen LogP contribution in [0.3, 0.4) is 0 Å². The average Bonchev–Trinajstić information content (AvgIpc) is 2.16. The van der Waals surface area contributed by atoms with Crippen molar-refractivity contribution in [2.24, 2.45) is 5.92 Å². The third-order valence-corrected chi connectivity index (χ3v) is 2.51. The Morgan fingerprint density at radius 1 is 1.33 bits per heavy atom. The molecule has 0 radical (unpaired) electrons. The van der Waals surface area contributed by atoms with E-state index in [0.29, 0.717) is 12.3 Å². The predicted octanol–water partition coefficient (Wildman–Crippen LogP) is 3.79. The van der Waals surface area contributed by atoms with Crippen molar-refractivity contribution in [2.45, 2.75) is 40.5 Å². The minimum absolute atomic E-state index is 0.255. The van der Waals surface area contributed by atoms with Crippen molar-refractivity contribution in [1.82, 2.24) is 0 Å². The number of hydrogen-bond donors (Lipinski definition) is 0. The molecule has 0 heterocycles. The summed E-state index contributed by atoms with van der Waals surface area (Å²) in [6.07, 6.45) is 1.58. The van der Waals surface area contributed by atoms with Crippen LogP contribution >= 0.6 is 0 Å². The first-order chi connectivity index (χ1) is 7.04. The number of hydrogen-bond acceptors (Lipinski definition) is 1. The molecule has 0 unspecified atom stereocenters. The molecule has 1 aromatic carbocycles. The molecule has 0 spiro atoms. The van der Waals surface area contributed by atoms with E-state index in [9.17, 15) is 4.79 Å². The highest BCUT2D eigenvalue weighted by Crippen LogP contribution is 2.17. The minimum Gasteiger partial charge on any atom is -0.294 e. The van der Waals surface area contributed by atoms with Crippen molar-refractivity contribution in [1.29, 1.82) is 0 Å². The molecule has 82 valence electrons. The van der Waals surface area contributed by atoms with Crippen LogP contribution in [0, 0.1) is 12.8 Å². The van der Waals surface area contributed by atoms with Crippen LogP contribution in [0.2, 0.25) is 0 Å². The molecular weight excluding hydrogens is 184 g/mol. The summed E-state index contributed by atoms with van der Waals surface area (Å²) in [5, 5.41) is 0. The van der Waals surface area contributed by atoms with Crippen LogP contribution in [0.5, 0.6) is 0 Å². The topological polar surface area (TPSA) is 17.1 Å². The van der Waals surface area contributed by atoms with E-state index in [1.54, 1.807) is 0 Å². The number of carbonyl (C=O) groups excluding carboxylic acids is 1. The van der Waals surface area contributed by atoms with Gasteiger partial charge in [-0.05, 0) is 24.8 Å². The first-order valence-corrected chi connectivity index (χ1v) is 5.67. The summed E-state index contributed by atoms with van der Waals surface area (Å²) in [7, 11) is 0. The fraction of sp³-hybridized carbons (Fsp3) is 0.500. The molecule has 0 N–H and O–H groups in total. The fourth-order valence-corrected chi connectivity index (χ4v) is 1.79. The Kier molecular flexibility index (Phi) is 4.07. The van der Waals surface area contributed by atoms with E-state index < -0.39 is 0 Å². The summed E-state index contributed by atoms with van der Waals surface area (Å²) in [4.78, 5) is 11.7. The second kappa shape index (κ2) is 5.11. The molecular formula is C14H20O. The molecule has 0 aliphatic rings. The molecule has 1 aromatic rings. The maximum absolute atomic E-state index is 11.7. The van der Waals surface area contributed by atoms with E-state index in [1.165, 1.54) is 11.1 Å². The van der Waals surface area contributed by atoms with Gasteiger partial charge in [-0.3, -0.25) is 4.79 Å². The van der Waals surface area contributed by atoms with Gasteiger partial charge in [0.1, 0.15) is 0 Å². The minimum atomic E-state index is 0.255. The van der Waals surface area contributed by atoms with Crippen LogP contribution in [0.25, 0.3) is 0 Å². The Hall–Kier alpha value is -1.11. The zero-order valence-corrected chi connectivity index (χ0v) is 10.1. The molecule has 0 aromatic heterocycles. The molecule has 1 rings (SSSR count). The van der Waals surface area contributed by atoms with Crippen molar-refractivity contribution in [3.63, 3.8) is 0 Å². The molecule has 0 saturated carbocycles. The first kappa shape index (κ1) is 12.0. The molecule has 0 atom stereocenters. The Morgan fingerprint density at radius 2 is 2.00 bits per heavy atom. The number of aryl methyl sites for hydroxylation is 1. The lowest BCUT2D eigenvalue weighted by Gasteiger charge is -2.11. The van der Waals surface area contributed by atoms with Gasteiger partial charge in [-0.15, -0.1) is 0 Å². The fourth-order valence-electron chi connectivity index (χ4n) is 1.79. The maximum Gasteiger partial charge on any atom is 0.162 e. The highest BCUT2D eigenvalue weighted by molar-refractivity contribution is 5.97. The van der Waals surface area contributed by atoms with Gasteiger partial charge in [-0.2, -0.15) is 0 Å². The van der Waals surface area contributed by atoms with Gasteiger partial charge in [-0.25, -0.2) is 0 Å². The standard InChI is InChI=1S/C14H20O/c1-5-14(15)13-7-6-11(4)9-12(13)8-10(2)3/h6-7,9-10H,5,8H2,1-4H3. The van der Waals surface area contributed by atoms with Crippen molar-refractivity contribution >= 4 is 5.78 Å². The van der Waals surface area contributed by atoms with Gasteiger partial charge < -0.3 is 0 Å². The second-order valence-corrected chi connectivity index (χ2v) is 4.54. The summed E-state index contributed by atoms with van der Waals surface area (Å²) >= 11 is 0. The van der Waals surface area contributed by atoms with E-state index in [4.69, 9.17) is 0 Å². The van der Waals surface area contributed by atoms with Gasteiger partial charge in [0.25, 0.3) is 0 Å². The van der Waals surface area contributed by atoms with E-state index in [0.717, 1.165) is 12.0 Å². The number of ketones is 1. The highest BCUT2D eigenvalue weighted by atomic mass is 16.1. The SMILES string of the molecule is CCC(=O)c1ccc(C)cc1CC(C)C. The van der Waals surface area contributed by atoms with E-state index >= 15 is 0 Å². The zero-order valence-electron chi connectivity index (χ0n) is 10.1. The van der Waals surface area contributed by atoms with Gasteiger partial charge in [0.05, 0.1) is 0 Å². The highest BCUT2D eigenvalue weighted by Gasteiger charge is 2.10. The Bertz CT molecular complexity index is 350. The number of Topliss-reactive ketones (excluding diaryl/α,β-unsaturated/α-hetero) is 1. The van der Waals surface area contributed by atoms with E-state index in [-0.39, 0.29) is 5.78 Å². The molecule has 0 aliphatic carbocycles. The lowest BCUT2D eigenvalue weighted by Crippen LogP contribution is -2.05. The summed E-state index contributed by atoms with van der Waals surface area (Å²) in [5.41, 5.74) is 3.35. The third-order valence-electron chi connectivity index (χ3n) is 2.51. The molecule has 0 bridgehead atoms. The lowest BCUT2D eigenvalue weighted by molar-refractivity contribution is 0.0987. The first-order valence-electron chi connectivity index (χ1n) is 5.67. The van der Waals surface area contributed by atoms with Gasteiger partial charge >= 0.3 is 0 Å². The molecule has 15 heavy (non-hydrogen) atoms. The number of carbonyl (C=O) groups is 1. The van der Waals surface area contributed by atoms with Crippen molar-refractivity contribution < 1.29 is 4.79 Å². The number of benzene rings is 1. The van der Waals surface area contributed by atoms with Crippen molar-refractivity contribution in [3.8, 4) is 0 Å². The summed E-state index contributed by atoms with van der Waals surface area (Å²) in [6, 6.07) is 6.13. The number of rotatable bonds is 4. The molecule has 0 amide bonds. The quantitative estimate of drug-likeness (QED) is 0.682. The van der Waals surface area contributed by atoms with E-state index in [2.05, 4.69) is 26.8 Å². The lowest BCUT2D eigenvalue weighted by atomic mass is 9.93. The Morgan fingerprint density at radius 3 is 2.53 bits per heavy atom. The van der Waals surface area contributed by atoms with Crippen LogP contribution in [-0.4, -0.2) is 5.78 Å². The third kappa shape index (κ3) is 3.19. The van der Waals surface area contributed by atoms with Gasteiger partial charge in [-0.1, -0.05) is 44.5 Å². The van der Waals surface area contributed by atoms with Crippen LogP contribution < -0.4 is 0 Å². The summed E-state index contributed by atoms with van der Waals surface area (Å²) in [6.45, 7) is 8.36. The Labute approximate surface area is 92.5 Å². The normalized spacial score (nSPS) is 10.7. The molecule has 0 saturated heterocycles. The summed E-state index contributed by atoms with van der Waals surface area (Å²) in [5.74, 6) is 0.848. The Balaban J connectivity index is 3.08. The zero-order chi connectivity index (χ0) is 11.4. The molecule has 1 nitrogen and oxygen atoms in total. The van der Waals surface area contributed by atoms with Gasteiger partial charge in [0.15, 0.2) is 5.78 Å². The van der Waals surface area contributed by atoms with Crippen LogP contribution in [0.4, 0.5) is 0 Å². The molecule has 0 fully saturated rings. The van der Waals surface area contributed by atoms with Crippen LogP contribution in [-0.2, 0) is 6.42 Å². The maximum atomic E-state index is 11.7. The largest absolute Gasteiger partial charge is 0.294 e. The van der Waals surface area contributed by atoms with Gasteiger partial charge in [0, 0.05) is 12.0 Å². The molecule has 0 aliphatic heterocycles. The second-order valence-electron chi connectivity index (χ2n) is 4.54. The van der Waals surface area contributed by atoms with Crippen LogP contribution in [0.15, 0.2) is 18.2 Å². The average molecular weight is 204 g/mol. The molecule has 1 heteroatoms. The van der Waals surface area contributed by atoms with Gasteiger partial charge in [0.2, 0.25) is 0 Å².